The van der Waals surface area contributed by atoms with Crippen LogP contribution in [0.1, 0.15) is 0 Å². The van der Waals surface area contributed by atoms with Crippen molar-refractivity contribution in [1.82, 2.24) is 0 Å². The molecular weight excluding hydrogens is 570 g/mol. The summed E-state index contributed by atoms with van der Waals surface area (Å²) in [4.78, 5) is 0. The molecule has 4 aromatic carbocycles. The third-order valence-electron chi connectivity index (χ3n) is 4.16. The van der Waals surface area contributed by atoms with E-state index in [4.69, 9.17) is 0 Å². The van der Waals surface area contributed by atoms with Gasteiger partial charge in [-0.2, -0.15) is 35.0 Å². The Balaban J connectivity index is 0. The van der Waals surface area contributed by atoms with Gasteiger partial charge in [0, 0.05) is 16.6 Å². The van der Waals surface area contributed by atoms with Crippen LogP contribution in [0.5, 0.6) is 0 Å². The van der Waals surface area contributed by atoms with Gasteiger partial charge in [0.15, 0.2) is 0 Å². The summed E-state index contributed by atoms with van der Waals surface area (Å²) in [5, 5.41) is 5.32. The van der Waals surface area contributed by atoms with Crippen molar-refractivity contribution in [1.29, 1.82) is 0 Å². The Morgan fingerprint density at radius 1 is 0.667 bits per heavy atom. The fourth-order valence-electron chi connectivity index (χ4n) is 2.14. The molecule has 0 spiro atoms. The van der Waals surface area contributed by atoms with E-state index in [2.05, 4.69) is 111 Å². The Morgan fingerprint density at radius 2 is 1.00 bits per heavy atom. The second-order valence-electron chi connectivity index (χ2n) is 7.22. The van der Waals surface area contributed by atoms with Gasteiger partial charge in [-0.1, -0.05) is 38.3 Å². The summed E-state index contributed by atoms with van der Waals surface area (Å²) in [6.45, 7) is 9.74. The van der Waals surface area contributed by atoms with E-state index in [1.54, 1.807) is 0 Å². The first-order valence-corrected chi connectivity index (χ1v) is 15.9. The van der Waals surface area contributed by atoms with Crippen molar-refractivity contribution in [2.45, 2.75) is 26.2 Å². The zero-order valence-corrected chi connectivity index (χ0v) is 24.1. The van der Waals surface area contributed by atoms with E-state index < -0.39 is 7.59 Å². The van der Waals surface area contributed by atoms with E-state index in [0.29, 0.717) is 9.04 Å². The molecule has 0 aromatic heterocycles. The smallest absolute Gasteiger partial charge is 1.00 e. The van der Waals surface area contributed by atoms with Gasteiger partial charge in [-0.15, -0.1) is 59.3 Å². The number of hydrogen-bond acceptors (Lipinski definition) is 0. The Kier molecular flexibility index (Phi) is 15.5. The van der Waals surface area contributed by atoms with Crippen molar-refractivity contribution in [3.8, 4) is 0 Å². The maximum atomic E-state index is 2.44. The maximum absolute atomic E-state index is 2.44. The van der Waals surface area contributed by atoms with Gasteiger partial charge in [0.2, 0.25) is 0 Å². The van der Waals surface area contributed by atoms with Crippen molar-refractivity contribution in [3.63, 3.8) is 0 Å². The van der Waals surface area contributed by atoms with Crippen molar-refractivity contribution in [2.24, 2.45) is 0 Å². The fraction of sp³-hybridized carbons (Fsp3) is 0.182. The molecule has 0 saturated heterocycles. The van der Waals surface area contributed by atoms with Crippen molar-refractivity contribution >= 4 is 38.2 Å². The molecule has 0 unspecified atom stereocenters. The summed E-state index contributed by atoms with van der Waals surface area (Å²) >= 11 is 0. The molecule has 0 saturated carbocycles. The molecule has 0 bridgehead atoms. The summed E-state index contributed by atoms with van der Waals surface area (Å²) in [5.41, 5.74) is 0. The summed E-state index contributed by atoms with van der Waals surface area (Å²) in [7, 11) is -0.101. The third-order valence-corrected chi connectivity index (χ3v) is 12.6. The van der Waals surface area contributed by atoms with E-state index in [1.165, 1.54) is 21.5 Å². The maximum Gasteiger partial charge on any atom is 4.00 e. The number of benzene rings is 2. The minimum Gasteiger partial charge on any atom is -1.00 e. The summed E-state index contributed by atoms with van der Waals surface area (Å²) in [5.74, 6) is 0. The first-order chi connectivity index (χ1) is 11.5. The molecule has 0 aliphatic heterocycles. The molecule has 142 valence electrons. The molecule has 0 atom stereocenters. The first-order valence-electron chi connectivity index (χ1n) is 8.70. The summed E-state index contributed by atoms with van der Waals surface area (Å²) < 4.78 is 0. The molecule has 4 aromatic rings. The normalized spacial score (nSPS) is 9.93. The van der Waals surface area contributed by atoms with Crippen LogP contribution in [0.25, 0.3) is 21.5 Å². The monoisotopic (exact) mass is 598 g/mol. The van der Waals surface area contributed by atoms with Crippen molar-refractivity contribution in [2.75, 3.05) is 0 Å². The van der Waals surface area contributed by atoms with Gasteiger partial charge < -0.3 is 24.8 Å². The van der Waals surface area contributed by atoms with Crippen LogP contribution < -0.4 is 24.8 Å². The van der Waals surface area contributed by atoms with Gasteiger partial charge in [0.25, 0.3) is 0 Å². The zero-order chi connectivity index (χ0) is 17.4. The second-order valence-corrected chi connectivity index (χ2v) is 21.5. The fourth-order valence-corrected chi connectivity index (χ4v) is 2.14. The summed E-state index contributed by atoms with van der Waals surface area (Å²) in [6, 6.07) is 29.3. The van der Waals surface area contributed by atoms with Crippen LogP contribution in [0.2, 0.25) is 26.2 Å². The molecule has 0 fully saturated rings. The first kappa shape index (κ1) is 28.8. The topological polar surface area (TPSA) is 0 Å². The molecule has 0 heterocycles. The van der Waals surface area contributed by atoms with Gasteiger partial charge in [-0.25, -0.2) is 0 Å². The predicted molar refractivity (Wildman–Crippen MR) is 117 cm³/mol. The molecule has 0 nitrogen and oxygen atoms in total. The van der Waals surface area contributed by atoms with Gasteiger partial charge >= 0.3 is 25.8 Å². The van der Waals surface area contributed by atoms with Crippen LogP contribution in [0, 0.1) is 0 Å². The number of rotatable bonds is 1. The van der Waals surface area contributed by atoms with Crippen LogP contribution in [0.15, 0.2) is 84.9 Å². The number of fused-ring (bicyclic) bond motifs is 2. The average Bonchev–Trinajstić information content (AvgIpc) is 3.24. The third kappa shape index (κ3) is 10.6. The quantitative estimate of drug-likeness (QED) is 0.217. The number of halogens is 2. The van der Waals surface area contributed by atoms with Crippen molar-refractivity contribution < 1.29 is 50.7 Å². The Labute approximate surface area is 198 Å². The summed E-state index contributed by atoms with van der Waals surface area (Å²) in [6.07, 6.45) is 0. The SMILES string of the molecule is C[SiH2][Si](C)(C)C.[Cl-].[Cl-].[Hf+4].c1ccc2[cH-]ccc2c1.c1ccc2[cH-]ccc2c1. The Bertz CT molecular complexity index is 737. The van der Waals surface area contributed by atoms with Crippen LogP contribution in [0.3, 0.4) is 0 Å². The number of hydrogen-bond donors (Lipinski definition) is 0. The van der Waals surface area contributed by atoms with Gasteiger partial charge in [0.1, 0.15) is 0 Å². The Morgan fingerprint density at radius 3 is 1.30 bits per heavy atom. The van der Waals surface area contributed by atoms with Gasteiger partial charge in [-0.3, -0.25) is 0 Å². The zero-order valence-electron chi connectivity index (χ0n) is 16.5. The minimum absolute atomic E-state index is 0. The molecule has 0 N–H and O–H groups in total. The van der Waals surface area contributed by atoms with E-state index in [-0.39, 0.29) is 50.7 Å². The van der Waals surface area contributed by atoms with E-state index in [0.717, 1.165) is 0 Å². The molecule has 0 amide bonds. The largest absolute Gasteiger partial charge is 4.00 e. The molecule has 0 aliphatic carbocycles. The van der Waals surface area contributed by atoms with Crippen LogP contribution in [-0.4, -0.2) is 16.6 Å². The van der Waals surface area contributed by atoms with Gasteiger partial charge in [0.05, 0.1) is 0 Å². The molecule has 4 rings (SSSR count). The van der Waals surface area contributed by atoms with Crippen LogP contribution >= 0.6 is 0 Å². The molecule has 5 heteroatoms. The van der Waals surface area contributed by atoms with Crippen molar-refractivity contribution in [3.05, 3.63) is 84.9 Å². The molecular formula is C22H28Cl2HfSi2. The second kappa shape index (κ2) is 14.5. The minimum atomic E-state index is -0.492. The molecule has 0 aliphatic rings. The molecule has 27 heavy (non-hydrogen) atoms. The van der Waals surface area contributed by atoms with E-state index in [9.17, 15) is 0 Å². The van der Waals surface area contributed by atoms with Crippen LogP contribution in [0.4, 0.5) is 0 Å². The Hall–Kier alpha value is -0.456. The van der Waals surface area contributed by atoms with Gasteiger partial charge in [-0.05, 0) is 0 Å². The molecule has 0 radical (unpaired) electrons. The van der Waals surface area contributed by atoms with E-state index >= 15 is 0 Å². The predicted octanol–water partition coefficient (Wildman–Crippen LogP) is 0.161. The standard InChI is InChI=1S/2C9H7.C4H14Si2.2ClH.Hf/c2*1-2-5-9-7-3-6-8(9)4-1;1-5-6(2,3)4;;;/h2*1-7H;5H2,1-4H3;2*1H;/q2*-1;;;;+4/p-2. The van der Waals surface area contributed by atoms with Crippen LogP contribution in [-0.2, 0) is 25.8 Å². The van der Waals surface area contributed by atoms with E-state index in [1.807, 2.05) is 0 Å². The average molecular weight is 598 g/mol.